The summed E-state index contributed by atoms with van der Waals surface area (Å²) in [5.41, 5.74) is 8.26. The SMILES string of the molecule is Cc1ccc(F)c(-c2cc3c(cn2)CCc2c-3[nH]c3c2C(=O)NCC32CN(C)C2)c1. The molecule has 3 aromatic rings. The maximum absolute atomic E-state index is 14.5. The highest BCUT2D eigenvalue weighted by Gasteiger charge is 2.50. The number of aromatic nitrogens is 2. The fourth-order valence-corrected chi connectivity index (χ4v) is 5.51. The Kier molecular flexibility index (Phi) is 3.58. The Morgan fingerprint density at radius 3 is 2.80 bits per heavy atom. The molecule has 5 nitrogen and oxygen atoms in total. The number of hydrogen-bond acceptors (Lipinski definition) is 3. The molecule has 0 atom stereocenters. The van der Waals surface area contributed by atoms with Gasteiger partial charge >= 0.3 is 0 Å². The summed E-state index contributed by atoms with van der Waals surface area (Å²) in [5.74, 6) is -0.254. The predicted molar refractivity (Wildman–Crippen MR) is 113 cm³/mol. The topological polar surface area (TPSA) is 61.0 Å². The summed E-state index contributed by atoms with van der Waals surface area (Å²) in [6, 6.07) is 7.07. The average molecular weight is 402 g/mol. The number of aryl methyl sites for hydroxylation is 2. The van der Waals surface area contributed by atoms with Gasteiger partial charge in [-0.3, -0.25) is 9.78 Å². The number of halogens is 1. The number of carbonyl (C=O) groups excluding carboxylic acids is 1. The highest BCUT2D eigenvalue weighted by atomic mass is 19.1. The van der Waals surface area contributed by atoms with E-state index in [2.05, 4.69) is 27.2 Å². The molecule has 152 valence electrons. The van der Waals surface area contributed by atoms with Crippen molar-refractivity contribution >= 4 is 5.91 Å². The van der Waals surface area contributed by atoms with E-state index >= 15 is 0 Å². The molecule has 1 amide bonds. The number of likely N-dealkylation sites (N-methyl/N-ethyl adjacent to an activating group) is 1. The van der Waals surface area contributed by atoms with Crippen molar-refractivity contribution < 1.29 is 9.18 Å². The summed E-state index contributed by atoms with van der Waals surface area (Å²) >= 11 is 0. The maximum Gasteiger partial charge on any atom is 0.253 e. The quantitative estimate of drug-likeness (QED) is 0.657. The number of likely N-dealkylation sites (tertiary alicyclic amines) is 1. The summed E-state index contributed by atoms with van der Waals surface area (Å²) in [4.78, 5) is 23.3. The first-order valence-electron chi connectivity index (χ1n) is 10.4. The van der Waals surface area contributed by atoms with Crippen LogP contribution >= 0.6 is 0 Å². The molecule has 6 heteroatoms. The lowest BCUT2D eigenvalue weighted by atomic mass is 9.73. The number of benzene rings is 1. The van der Waals surface area contributed by atoms with E-state index in [4.69, 9.17) is 0 Å². The van der Waals surface area contributed by atoms with Gasteiger partial charge in [-0.25, -0.2) is 4.39 Å². The third-order valence-corrected chi connectivity index (χ3v) is 6.89. The van der Waals surface area contributed by atoms with Gasteiger partial charge in [0.1, 0.15) is 5.82 Å². The number of fused-ring (bicyclic) bond motifs is 6. The lowest BCUT2D eigenvalue weighted by molar-refractivity contribution is 0.0688. The molecule has 2 N–H and O–H groups in total. The molecular formula is C24H23FN4O. The van der Waals surface area contributed by atoms with E-state index in [1.54, 1.807) is 6.07 Å². The van der Waals surface area contributed by atoms with Crippen LogP contribution in [-0.2, 0) is 18.3 Å². The van der Waals surface area contributed by atoms with Crippen LogP contribution in [0.3, 0.4) is 0 Å². The molecule has 3 aliphatic rings. The first-order valence-corrected chi connectivity index (χ1v) is 10.4. The van der Waals surface area contributed by atoms with Crippen LogP contribution in [0, 0.1) is 12.7 Å². The van der Waals surface area contributed by atoms with Gasteiger partial charge in [0.15, 0.2) is 0 Å². The Bertz CT molecular complexity index is 1220. The Balaban J connectivity index is 1.53. The number of nitrogens with one attached hydrogen (secondary N) is 2. The van der Waals surface area contributed by atoms with Gasteiger partial charge in [0.05, 0.1) is 22.4 Å². The minimum absolute atomic E-state index is 0.0186. The molecule has 0 unspecified atom stereocenters. The zero-order valence-corrected chi connectivity index (χ0v) is 17.1. The van der Waals surface area contributed by atoms with Gasteiger partial charge in [-0.1, -0.05) is 11.6 Å². The van der Waals surface area contributed by atoms with Gasteiger partial charge in [0.25, 0.3) is 5.91 Å². The summed E-state index contributed by atoms with van der Waals surface area (Å²) in [5, 5.41) is 3.12. The minimum Gasteiger partial charge on any atom is -0.357 e. The van der Waals surface area contributed by atoms with Crippen LogP contribution in [0.1, 0.15) is 32.7 Å². The van der Waals surface area contributed by atoms with E-state index in [-0.39, 0.29) is 17.1 Å². The summed E-state index contributed by atoms with van der Waals surface area (Å²) in [6.07, 6.45) is 3.51. The fourth-order valence-electron chi connectivity index (χ4n) is 5.51. The van der Waals surface area contributed by atoms with Crippen LogP contribution in [0.2, 0.25) is 0 Å². The van der Waals surface area contributed by atoms with Crippen LogP contribution in [0.4, 0.5) is 4.39 Å². The van der Waals surface area contributed by atoms with Crippen LogP contribution in [-0.4, -0.2) is 47.5 Å². The molecule has 1 aliphatic carbocycles. The Hall–Kier alpha value is -2.99. The first-order chi connectivity index (χ1) is 14.4. The molecule has 1 saturated heterocycles. The lowest BCUT2D eigenvalue weighted by Gasteiger charge is -2.50. The van der Waals surface area contributed by atoms with Crippen molar-refractivity contribution in [1.82, 2.24) is 20.2 Å². The zero-order valence-electron chi connectivity index (χ0n) is 17.1. The largest absolute Gasteiger partial charge is 0.357 e. The van der Waals surface area contributed by atoms with Crippen LogP contribution in [0.15, 0.2) is 30.5 Å². The Labute approximate surface area is 174 Å². The molecule has 1 spiro atoms. The maximum atomic E-state index is 14.5. The Morgan fingerprint density at radius 1 is 1.17 bits per heavy atom. The highest BCUT2D eigenvalue weighted by Crippen LogP contribution is 2.44. The van der Waals surface area contributed by atoms with Crippen molar-refractivity contribution in [3.05, 3.63) is 64.2 Å². The number of H-pyrrole nitrogens is 1. The molecule has 2 aliphatic heterocycles. The van der Waals surface area contributed by atoms with Crippen molar-refractivity contribution in [2.24, 2.45) is 0 Å². The van der Waals surface area contributed by atoms with Gasteiger partial charge in [0.2, 0.25) is 0 Å². The molecular weight excluding hydrogens is 379 g/mol. The fraction of sp³-hybridized carbons (Fsp3) is 0.333. The molecule has 6 rings (SSSR count). The highest BCUT2D eigenvalue weighted by molar-refractivity contribution is 6.01. The third kappa shape index (κ3) is 2.37. The second-order valence-corrected chi connectivity index (χ2v) is 9.07. The molecule has 0 radical (unpaired) electrons. The molecule has 2 aromatic heterocycles. The van der Waals surface area contributed by atoms with Gasteiger partial charge < -0.3 is 15.2 Å². The smallest absolute Gasteiger partial charge is 0.253 e. The van der Waals surface area contributed by atoms with Crippen LogP contribution < -0.4 is 5.32 Å². The van der Waals surface area contributed by atoms with E-state index < -0.39 is 0 Å². The number of pyridine rings is 1. The molecule has 1 aromatic carbocycles. The van der Waals surface area contributed by atoms with E-state index in [1.165, 1.54) is 6.07 Å². The third-order valence-electron chi connectivity index (χ3n) is 6.89. The molecule has 0 bridgehead atoms. The first kappa shape index (κ1) is 17.8. The van der Waals surface area contributed by atoms with Crippen LogP contribution in [0.25, 0.3) is 22.5 Å². The summed E-state index contributed by atoms with van der Waals surface area (Å²) in [6.45, 7) is 4.49. The van der Waals surface area contributed by atoms with Crippen molar-refractivity contribution in [3.8, 4) is 22.5 Å². The van der Waals surface area contributed by atoms with E-state index in [9.17, 15) is 9.18 Å². The predicted octanol–water partition coefficient (Wildman–Crippen LogP) is 3.22. The number of amides is 1. The van der Waals surface area contributed by atoms with Gasteiger partial charge in [0, 0.05) is 42.7 Å². The second kappa shape index (κ2) is 6.01. The minimum atomic E-state index is -0.273. The standard InChI is InChI=1S/C24H23FN4O/c1-13-3-6-18(25)17(7-13)19-8-16-14(9-26-19)4-5-15-20-22(28-21(15)16)24(10-27-23(20)30)11-29(2)12-24/h3,6-9,28H,4-5,10-12H2,1-2H3,(H,27,30). The van der Waals surface area contributed by atoms with Crippen molar-refractivity contribution in [1.29, 1.82) is 0 Å². The molecule has 4 heterocycles. The number of carbonyl (C=O) groups is 1. The number of nitrogens with zero attached hydrogens (tertiary/aromatic N) is 2. The summed E-state index contributed by atoms with van der Waals surface area (Å²) in [7, 11) is 2.11. The second-order valence-electron chi connectivity index (χ2n) is 9.07. The monoisotopic (exact) mass is 402 g/mol. The Morgan fingerprint density at radius 2 is 2.00 bits per heavy atom. The zero-order chi connectivity index (χ0) is 20.6. The molecule has 30 heavy (non-hydrogen) atoms. The number of aromatic amines is 1. The van der Waals surface area contributed by atoms with Crippen LogP contribution in [0.5, 0.6) is 0 Å². The molecule has 1 fully saturated rings. The normalized spacial score (nSPS) is 19.0. The van der Waals surface area contributed by atoms with Crippen molar-refractivity contribution in [2.75, 3.05) is 26.7 Å². The number of rotatable bonds is 1. The molecule has 0 saturated carbocycles. The van der Waals surface area contributed by atoms with E-state index in [1.807, 2.05) is 25.3 Å². The van der Waals surface area contributed by atoms with Gasteiger partial charge in [-0.05, 0) is 56.1 Å². The van der Waals surface area contributed by atoms with Gasteiger partial charge in [-0.15, -0.1) is 0 Å². The lowest BCUT2D eigenvalue weighted by Crippen LogP contribution is -2.65. The van der Waals surface area contributed by atoms with Crippen molar-refractivity contribution in [2.45, 2.75) is 25.2 Å². The van der Waals surface area contributed by atoms with E-state index in [0.717, 1.165) is 65.1 Å². The van der Waals surface area contributed by atoms with Gasteiger partial charge in [-0.2, -0.15) is 0 Å². The van der Waals surface area contributed by atoms with Crippen molar-refractivity contribution in [3.63, 3.8) is 0 Å². The number of hydrogen-bond donors (Lipinski definition) is 2. The average Bonchev–Trinajstić information content (AvgIpc) is 3.12. The summed E-state index contributed by atoms with van der Waals surface area (Å²) < 4.78 is 14.5. The van der Waals surface area contributed by atoms with E-state index in [0.29, 0.717) is 17.8 Å².